The summed E-state index contributed by atoms with van der Waals surface area (Å²) in [6.07, 6.45) is -10.4. The second-order valence-electron chi connectivity index (χ2n) is 20.7. The monoisotopic (exact) mass is 831 g/mol. The number of fused-ring (bicyclic) bond motifs is 5. The number of rotatable bonds is 11. The normalized spacial score (nSPS) is 50.7. The van der Waals surface area contributed by atoms with Gasteiger partial charge < -0.3 is 74.7 Å². The van der Waals surface area contributed by atoms with E-state index in [1.54, 1.807) is 13.8 Å². The van der Waals surface area contributed by atoms with Gasteiger partial charge in [-0.1, -0.05) is 46.3 Å². The van der Waals surface area contributed by atoms with Crippen molar-refractivity contribution in [2.45, 2.75) is 192 Å². The Morgan fingerprint density at radius 2 is 1.34 bits per heavy atom. The summed E-state index contributed by atoms with van der Waals surface area (Å²) in [6, 6.07) is 0. The number of methoxy groups -OCH3 is 1. The van der Waals surface area contributed by atoms with Crippen molar-refractivity contribution >= 4 is 0 Å². The maximum absolute atomic E-state index is 12.3. The lowest BCUT2D eigenvalue weighted by molar-refractivity contribution is -0.378. The maximum Gasteiger partial charge on any atom is 0.187 e. The summed E-state index contributed by atoms with van der Waals surface area (Å²) < 4.78 is 30.0. The molecule has 0 aromatic heterocycles. The fraction of sp³-hybridized carbons (Fsp3) is 0.953. The van der Waals surface area contributed by atoms with Gasteiger partial charge in [0.05, 0.1) is 31.0 Å². The van der Waals surface area contributed by atoms with Gasteiger partial charge in [0, 0.05) is 7.11 Å². The van der Waals surface area contributed by atoms with E-state index in [0.717, 1.165) is 37.7 Å². The number of aliphatic hydroxyl groups excluding tert-OH is 9. The van der Waals surface area contributed by atoms with Crippen LogP contribution in [-0.2, 0) is 23.7 Å². The van der Waals surface area contributed by atoms with Crippen LogP contribution < -0.4 is 0 Å². The molecule has 6 rings (SSSR count). The molecular formula is C43H74O15. The molecule has 0 radical (unpaired) electrons. The van der Waals surface area contributed by atoms with Crippen LogP contribution in [-0.4, -0.2) is 163 Å². The summed E-state index contributed by atoms with van der Waals surface area (Å²) in [5.41, 5.74) is -1.17. The minimum absolute atomic E-state index is 0.0138. The molecule has 0 bridgehead atoms. The average Bonchev–Trinajstić information content (AvgIpc) is 3.54. The molecule has 0 aromatic carbocycles. The molecule has 2 saturated heterocycles. The molecule has 10 N–H and O–H groups in total. The van der Waals surface area contributed by atoms with Crippen LogP contribution in [0.2, 0.25) is 0 Å². The van der Waals surface area contributed by atoms with Crippen LogP contribution in [0, 0.1) is 45.3 Å². The molecule has 0 aromatic rings. The number of aliphatic hydroxyl groups is 10. The van der Waals surface area contributed by atoms with E-state index in [9.17, 15) is 51.1 Å². The van der Waals surface area contributed by atoms with Crippen LogP contribution >= 0.6 is 0 Å². The quantitative estimate of drug-likeness (QED) is 0.102. The molecule has 6 fully saturated rings. The third-order valence-electron chi connectivity index (χ3n) is 16.9. The van der Waals surface area contributed by atoms with E-state index in [4.69, 9.17) is 23.7 Å². The van der Waals surface area contributed by atoms with E-state index in [0.29, 0.717) is 12.8 Å². The fourth-order valence-electron chi connectivity index (χ4n) is 13.4. The van der Waals surface area contributed by atoms with Gasteiger partial charge in [-0.25, -0.2) is 0 Å². The molecule has 0 amide bonds. The van der Waals surface area contributed by atoms with Gasteiger partial charge in [0.15, 0.2) is 12.6 Å². The van der Waals surface area contributed by atoms with Crippen molar-refractivity contribution in [2.24, 2.45) is 45.3 Å². The first-order valence-corrected chi connectivity index (χ1v) is 21.5. The standard InChI is InChI=1S/C43H74O15/c1-20(16-23(54-9)36(52)40(4,5)53)21-10-14-43(8)29(21)22(46)17-27-41(6)13-12-28(39(2,3)26(41)11-15-42(27,43)7)57-38-35(33(50)31(48)25(19-45)56-38)58-37-34(51)32(49)30(47)24(18-44)55-37/h16,21-38,44-53H,10-15,17-19H2,1-9H3/b20-16-/t21-,22-,23?,24-,25-,26+,27-,28+,29+,30-,31-,32+,33+,34-,35-,36?,37+,38+,41+,42-,43-/m1/s1. The molecule has 2 aliphatic heterocycles. The minimum atomic E-state index is -1.77. The number of ether oxygens (including phenoxy) is 5. The number of allylic oxidation sites excluding steroid dienone is 1. The van der Waals surface area contributed by atoms with Crippen molar-refractivity contribution in [2.75, 3.05) is 20.3 Å². The number of hydrogen-bond acceptors (Lipinski definition) is 15. The SMILES string of the molecule is COC(/C=C(/C)[C@H]1CC[C@]2(C)[C@@H]1[C@H](O)C[C@@H]1[C@@]3(C)CC[C@H](O[C@@H]4O[C@H](CO)[C@@H](O)[C@H](O)[C@H]4O[C@@H]4O[C@H](CO)[C@@H](O)[C@H](O)[C@H]4O)C(C)(C)[C@@H]3CC[C@]12C)C(O)C(C)(C)O. The van der Waals surface area contributed by atoms with Crippen molar-refractivity contribution in [1.29, 1.82) is 0 Å². The third kappa shape index (κ3) is 7.57. The van der Waals surface area contributed by atoms with Gasteiger partial charge in [-0.15, -0.1) is 0 Å². The Morgan fingerprint density at radius 3 is 1.93 bits per heavy atom. The van der Waals surface area contributed by atoms with Gasteiger partial charge in [0.1, 0.15) is 61.0 Å². The van der Waals surface area contributed by atoms with Gasteiger partial charge in [-0.05, 0) is 111 Å². The number of hydrogen-bond donors (Lipinski definition) is 10. The van der Waals surface area contributed by atoms with Gasteiger partial charge >= 0.3 is 0 Å². The molecule has 21 atom stereocenters. The Morgan fingerprint density at radius 1 is 0.759 bits per heavy atom. The Hall–Kier alpha value is -0.860. The lowest BCUT2D eigenvalue weighted by Gasteiger charge is -2.70. The molecule has 6 aliphatic rings. The van der Waals surface area contributed by atoms with Crippen molar-refractivity contribution in [1.82, 2.24) is 0 Å². The summed E-state index contributed by atoms with van der Waals surface area (Å²) in [5.74, 6) is 0.470. The Kier molecular flexibility index (Phi) is 13.4. The molecular weight excluding hydrogens is 756 g/mol. The lowest BCUT2D eigenvalue weighted by Crippen LogP contribution is -2.67. The topological polar surface area (TPSA) is 248 Å². The lowest BCUT2D eigenvalue weighted by atomic mass is 9.35. The first kappa shape index (κ1) is 46.6. The molecule has 2 heterocycles. The summed E-state index contributed by atoms with van der Waals surface area (Å²) in [4.78, 5) is 0. The van der Waals surface area contributed by atoms with Gasteiger partial charge in [-0.3, -0.25) is 0 Å². The Bertz CT molecular complexity index is 1450. The van der Waals surface area contributed by atoms with E-state index in [2.05, 4.69) is 41.5 Å². The van der Waals surface area contributed by atoms with Crippen LogP contribution in [0.15, 0.2) is 11.6 Å². The molecule has 2 unspecified atom stereocenters. The molecule has 336 valence electrons. The fourth-order valence-corrected chi connectivity index (χ4v) is 13.4. The molecule has 15 nitrogen and oxygen atoms in total. The van der Waals surface area contributed by atoms with Crippen molar-refractivity contribution in [3.8, 4) is 0 Å². The van der Waals surface area contributed by atoms with Crippen LogP contribution in [0.5, 0.6) is 0 Å². The summed E-state index contributed by atoms with van der Waals surface area (Å²) in [6.45, 7) is 15.4. The van der Waals surface area contributed by atoms with Gasteiger partial charge in [0.2, 0.25) is 0 Å². The summed E-state index contributed by atoms with van der Waals surface area (Å²) in [7, 11) is 1.53. The molecule has 4 saturated carbocycles. The van der Waals surface area contributed by atoms with Crippen LogP contribution in [0.25, 0.3) is 0 Å². The maximum atomic E-state index is 12.3. The van der Waals surface area contributed by atoms with Crippen LogP contribution in [0.4, 0.5) is 0 Å². The van der Waals surface area contributed by atoms with E-state index in [-0.39, 0.29) is 39.9 Å². The van der Waals surface area contributed by atoms with Crippen molar-refractivity contribution < 1.29 is 74.7 Å². The van der Waals surface area contributed by atoms with E-state index >= 15 is 0 Å². The zero-order valence-electron chi connectivity index (χ0n) is 35.8. The zero-order chi connectivity index (χ0) is 43.1. The minimum Gasteiger partial charge on any atom is -0.394 e. The predicted molar refractivity (Wildman–Crippen MR) is 209 cm³/mol. The first-order chi connectivity index (χ1) is 26.9. The predicted octanol–water partition coefficient (Wildman–Crippen LogP) is 0.745. The average molecular weight is 831 g/mol. The second kappa shape index (κ2) is 16.7. The summed E-state index contributed by atoms with van der Waals surface area (Å²) >= 11 is 0. The molecule has 4 aliphatic carbocycles. The highest BCUT2D eigenvalue weighted by atomic mass is 16.8. The second-order valence-corrected chi connectivity index (χ2v) is 20.7. The smallest absolute Gasteiger partial charge is 0.187 e. The van der Waals surface area contributed by atoms with Gasteiger partial charge in [-0.2, -0.15) is 0 Å². The van der Waals surface area contributed by atoms with Gasteiger partial charge in [0.25, 0.3) is 0 Å². The molecule has 15 heteroatoms. The van der Waals surface area contributed by atoms with E-state index < -0.39 is 110 Å². The first-order valence-electron chi connectivity index (χ1n) is 21.5. The Balaban J connectivity index is 1.23. The Labute approximate surface area is 343 Å². The van der Waals surface area contributed by atoms with E-state index in [1.807, 2.05) is 6.08 Å². The van der Waals surface area contributed by atoms with Crippen LogP contribution in [0.3, 0.4) is 0 Å². The van der Waals surface area contributed by atoms with Crippen LogP contribution in [0.1, 0.15) is 100 Å². The highest BCUT2D eigenvalue weighted by Crippen LogP contribution is 2.75. The molecule has 58 heavy (non-hydrogen) atoms. The van der Waals surface area contributed by atoms with Crippen molar-refractivity contribution in [3.63, 3.8) is 0 Å². The highest BCUT2D eigenvalue weighted by molar-refractivity contribution is 5.23. The highest BCUT2D eigenvalue weighted by Gasteiger charge is 2.70. The zero-order valence-corrected chi connectivity index (χ0v) is 35.8. The van der Waals surface area contributed by atoms with E-state index in [1.165, 1.54) is 7.11 Å². The largest absolute Gasteiger partial charge is 0.394 e. The third-order valence-corrected chi connectivity index (χ3v) is 16.9. The van der Waals surface area contributed by atoms with Crippen molar-refractivity contribution in [3.05, 3.63) is 11.6 Å². The molecule has 0 spiro atoms. The summed E-state index contributed by atoms with van der Waals surface area (Å²) in [5, 5.41) is 107.